The summed E-state index contributed by atoms with van der Waals surface area (Å²) in [4.78, 5) is 0. The molecule has 0 aliphatic carbocycles. The van der Waals surface area contributed by atoms with Gasteiger partial charge in [-0.2, -0.15) is 0 Å². The van der Waals surface area contributed by atoms with Crippen LogP contribution in [0.3, 0.4) is 0 Å². The predicted octanol–water partition coefficient (Wildman–Crippen LogP) is 0.798. The van der Waals surface area contributed by atoms with Crippen LogP contribution >= 0.6 is 0 Å². The number of hydrogen-bond acceptors (Lipinski definition) is 5. The Labute approximate surface area is 126 Å². The smallest absolute Gasteiger partial charge is 0.235 e. The molecule has 0 bridgehead atoms. The molecule has 0 spiro atoms. The summed E-state index contributed by atoms with van der Waals surface area (Å²) in [6, 6.07) is 0. The number of hydrogen-bond donors (Lipinski definition) is 2. The highest BCUT2D eigenvalue weighted by Gasteiger charge is 2.21. The molecule has 7 heteroatoms. The number of aliphatic hydroxyl groups excluding tert-OH is 1. The van der Waals surface area contributed by atoms with Crippen LogP contribution < -0.4 is 4.72 Å². The van der Waals surface area contributed by atoms with Crippen molar-refractivity contribution in [1.29, 1.82) is 0 Å². The van der Waals surface area contributed by atoms with Crippen LogP contribution in [-0.4, -0.2) is 51.9 Å². The summed E-state index contributed by atoms with van der Waals surface area (Å²) < 4.78 is 36.2. The molecule has 0 aromatic heterocycles. The summed E-state index contributed by atoms with van der Waals surface area (Å²) in [5.41, 5.74) is 0.868. The Morgan fingerprint density at radius 1 is 1.48 bits per heavy atom. The zero-order valence-corrected chi connectivity index (χ0v) is 13.6. The zero-order chi connectivity index (χ0) is 15.9. The van der Waals surface area contributed by atoms with Gasteiger partial charge in [-0.15, -0.1) is 0 Å². The maximum absolute atomic E-state index is 11.6. The molecule has 3 atom stereocenters. The van der Waals surface area contributed by atoms with Gasteiger partial charge in [0.05, 0.1) is 12.7 Å². The molecule has 0 aromatic carbocycles. The van der Waals surface area contributed by atoms with Crippen LogP contribution in [0.25, 0.3) is 0 Å². The van der Waals surface area contributed by atoms with E-state index in [1.807, 2.05) is 19.9 Å². The highest BCUT2D eigenvalue weighted by atomic mass is 32.2. The highest BCUT2D eigenvalue weighted by molar-refractivity contribution is 7.89. The maximum Gasteiger partial charge on any atom is 0.235 e. The molecule has 122 valence electrons. The van der Waals surface area contributed by atoms with Crippen LogP contribution in [0.1, 0.15) is 20.3 Å². The Morgan fingerprint density at radius 3 is 2.86 bits per heavy atom. The standard InChI is InChI=1S/C14H25NO5S/c1-11-8-12(2)14(16)13(19-3)6-4-5-7-15-21(17,18)10-20-9-11/h4,6,8,12-16H,5,7,9-10H2,1-3H3/b6-4+,11-8-/t12-,13+,14+/m1/s1. The zero-order valence-electron chi connectivity index (χ0n) is 12.8. The third kappa shape index (κ3) is 6.71. The average Bonchev–Trinajstić information content (AvgIpc) is 2.40. The van der Waals surface area contributed by atoms with Crippen molar-refractivity contribution < 1.29 is 23.0 Å². The van der Waals surface area contributed by atoms with Gasteiger partial charge in [0.25, 0.3) is 0 Å². The number of methoxy groups -OCH3 is 1. The molecule has 0 unspecified atom stereocenters. The minimum Gasteiger partial charge on any atom is -0.389 e. The Kier molecular flexibility index (Phi) is 7.55. The first kappa shape index (κ1) is 18.3. The Balaban J connectivity index is 2.86. The minimum absolute atomic E-state index is 0.124. The van der Waals surface area contributed by atoms with E-state index >= 15 is 0 Å². The number of nitrogens with one attached hydrogen (secondary N) is 1. The highest BCUT2D eigenvalue weighted by Crippen LogP contribution is 2.15. The van der Waals surface area contributed by atoms with Gasteiger partial charge in [0, 0.05) is 19.6 Å². The molecule has 21 heavy (non-hydrogen) atoms. The summed E-state index contributed by atoms with van der Waals surface area (Å²) in [6.45, 7) is 4.23. The van der Waals surface area contributed by atoms with Crippen molar-refractivity contribution in [2.24, 2.45) is 5.92 Å². The molecule has 1 aliphatic heterocycles. The Bertz CT molecular complexity index is 472. The third-order valence-electron chi connectivity index (χ3n) is 3.22. The average molecular weight is 319 g/mol. The van der Waals surface area contributed by atoms with Crippen molar-refractivity contribution in [1.82, 2.24) is 4.72 Å². The lowest BCUT2D eigenvalue weighted by atomic mass is 9.97. The predicted molar refractivity (Wildman–Crippen MR) is 81.2 cm³/mol. The van der Waals surface area contributed by atoms with Gasteiger partial charge in [-0.1, -0.05) is 30.7 Å². The van der Waals surface area contributed by atoms with Crippen molar-refractivity contribution in [2.75, 3.05) is 26.2 Å². The summed E-state index contributed by atoms with van der Waals surface area (Å²) >= 11 is 0. The van der Waals surface area contributed by atoms with Crippen molar-refractivity contribution in [3.63, 3.8) is 0 Å². The van der Waals surface area contributed by atoms with Crippen molar-refractivity contribution in [3.8, 4) is 0 Å². The van der Waals surface area contributed by atoms with E-state index in [4.69, 9.17) is 9.47 Å². The van der Waals surface area contributed by atoms with Crippen LogP contribution in [0.4, 0.5) is 0 Å². The van der Waals surface area contributed by atoms with Crippen molar-refractivity contribution >= 4 is 10.0 Å². The van der Waals surface area contributed by atoms with Crippen LogP contribution in [-0.2, 0) is 19.5 Å². The van der Waals surface area contributed by atoms with Gasteiger partial charge in [0.1, 0.15) is 6.10 Å². The molecule has 0 amide bonds. The van der Waals surface area contributed by atoms with E-state index in [1.54, 1.807) is 12.2 Å². The largest absolute Gasteiger partial charge is 0.389 e. The monoisotopic (exact) mass is 319 g/mol. The Hall–Kier alpha value is -0.730. The first-order valence-electron chi connectivity index (χ1n) is 6.95. The number of sulfonamides is 1. The van der Waals surface area contributed by atoms with Gasteiger partial charge in [0.15, 0.2) is 5.94 Å². The first-order valence-corrected chi connectivity index (χ1v) is 8.61. The normalized spacial score (nSPS) is 36.2. The summed E-state index contributed by atoms with van der Waals surface area (Å²) in [5, 5.41) is 10.3. The van der Waals surface area contributed by atoms with Crippen LogP contribution in [0.2, 0.25) is 0 Å². The number of aliphatic hydroxyl groups is 1. The molecule has 1 aliphatic rings. The SMILES string of the molecule is CO[C@H]1/C=C/CCNS(=O)(=O)COC/C(C)=C\[C@@H](C)[C@@H]1O. The lowest BCUT2D eigenvalue weighted by molar-refractivity contribution is -0.00198. The Morgan fingerprint density at radius 2 is 2.19 bits per heavy atom. The van der Waals surface area contributed by atoms with Gasteiger partial charge in [-0.05, 0) is 13.3 Å². The first-order chi connectivity index (χ1) is 9.85. The van der Waals surface area contributed by atoms with Crippen LogP contribution in [0.5, 0.6) is 0 Å². The molecule has 1 rings (SSSR count). The second-order valence-electron chi connectivity index (χ2n) is 5.26. The van der Waals surface area contributed by atoms with Gasteiger partial charge in [-0.3, -0.25) is 0 Å². The molecule has 0 fully saturated rings. The molecule has 0 saturated carbocycles. The molecule has 0 radical (unpaired) electrons. The fraction of sp³-hybridized carbons (Fsp3) is 0.714. The fourth-order valence-corrected chi connectivity index (χ4v) is 2.92. The number of ether oxygens (including phenoxy) is 2. The van der Waals surface area contributed by atoms with E-state index in [1.165, 1.54) is 7.11 Å². The van der Waals surface area contributed by atoms with E-state index in [0.29, 0.717) is 13.0 Å². The molecule has 0 saturated heterocycles. The topological polar surface area (TPSA) is 84.9 Å². The third-order valence-corrected chi connectivity index (χ3v) is 4.34. The van der Waals surface area contributed by atoms with Gasteiger partial charge < -0.3 is 14.6 Å². The minimum atomic E-state index is -3.41. The summed E-state index contributed by atoms with van der Waals surface area (Å²) in [5.74, 6) is -0.486. The molecule has 6 nitrogen and oxygen atoms in total. The van der Waals surface area contributed by atoms with Crippen molar-refractivity contribution in [2.45, 2.75) is 32.5 Å². The fourth-order valence-electron chi connectivity index (χ4n) is 2.11. The quantitative estimate of drug-likeness (QED) is 0.698. The van der Waals surface area contributed by atoms with E-state index in [9.17, 15) is 13.5 Å². The molecular weight excluding hydrogens is 294 g/mol. The van der Waals surface area contributed by atoms with Gasteiger partial charge >= 0.3 is 0 Å². The molecular formula is C14H25NO5S. The second-order valence-corrected chi connectivity index (χ2v) is 7.01. The van der Waals surface area contributed by atoms with Gasteiger partial charge in [0.2, 0.25) is 10.0 Å². The van der Waals surface area contributed by atoms with Crippen LogP contribution in [0.15, 0.2) is 23.8 Å². The lowest BCUT2D eigenvalue weighted by Crippen LogP contribution is -2.32. The van der Waals surface area contributed by atoms with Crippen molar-refractivity contribution in [3.05, 3.63) is 23.8 Å². The molecule has 2 N–H and O–H groups in total. The van der Waals surface area contributed by atoms with E-state index < -0.39 is 22.2 Å². The number of rotatable bonds is 1. The van der Waals surface area contributed by atoms with E-state index in [-0.39, 0.29) is 18.5 Å². The summed E-state index contributed by atoms with van der Waals surface area (Å²) in [7, 11) is -1.87. The lowest BCUT2D eigenvalue weighted by Gasteiger charge is -2.23. The molecule has 0 aromatic rings. The van der Waals surface area contributed by atoms with E-state index in [2.05, 4.69) is 4.72 Å². The molecule has 1 heterocycles. The van der Waals surface area contributed by atoms with Crippen LogP contribution in [0, 0.1) is 5.92 Å². The second kappa shape index (κ2) is 8.65. The maximum atomic E-state index is 11.6. The van der Waals surface area contributed by atoms with E-state index in [0.717, 1.165) is 5.57 Å². The van der Waals surface area contributed by atoms with Gasteiger partial charge in [-0.25, -0.2) is 13.1 Å². The summed E-state index contributed by atoms with van der Waals surface area (Å²) in [6.07, 6.45) is 4.87.